The number of aromatic nitrogens is 2. The van der Waals surface area contributed by atoms with E-state index in [-0.39, 0.29) is 10.9 Å². The van der Waals surface area contributed by atoms with Crippen molar-refractivity contribution in [3.63, 3.8) is 0 Å². The zero-order valence-corrected chi connectivity index (χ0v) is 18.4. The molecule has 2 aliphatic heterocycles. The van der Waals surface area contributed by atoms with Crippen LogP contribution >= 0.6 is 11.7 Å². The maximum Gasteiger partial charge on any atom is 0.245 e. The summed E-state index contributed by atoms with van der Waals surface area (Å²) in [7, 11) is -3.58. The van der Waals surface area contributed by atoms with Crippen molar-refractivity contribution in [2.45, 2.75) is 23.8 Å². The standard InChI is InChI=1S/C21H25N5O2S2/c27-30(28,20-10-4-9-19-21(20)23-29-22-19)26-11-5-8-18(16-26)25-14-12-24(13-15-25)17-6-2-1-3-7-17/h1-4,6-7,9-10,18H,5,8,11-16H2. The highest BCUT2D eigenvalue weighted by Gasteiger charge is 2.35. The minimum atomic E-state index is -3.58. The highest BCUT2D eigenvalue weighted by atomic mass is 32.2. The van der Waals surface area contributed by atoms with E-state index >= 15 is 0 Å². The molecule has 9 heteroatoms. The van der Waals surface area contributed by atoms with Crippen LogP contribution in [0.1, 0.15) is 12.8 Å². The summed E-state index contributed by atoms with van der Waals surface area (Å²) in [5, 5.41) is 0. The summed E-state index contributed by atoms with van der Waals surface area (Å²) in [5.41, 5.74) is 2.39. The molecule has 0 bridgehead atoms. The fourth-order valence-electron chi connectivity index (χ4n) is 4.55. The lowest BCUT2D eigenvalue weighted by molar-refractivity contribution is 0.128. The Balaban J connectivity index is 1.29. The van der Waals surface area contributed by atoms with Crippen molar-refractivity contribution in [1.82, 2.24) is 18.0 Å². The predicted molar refractivity (Wildman–Crippen MR) is 119 cm³/mol. The van der Waals surface area contributed by atoms with E-state index in [0.717, 1.165) is 50.7 Å². The molecule has 0 N–H and O–H groups in total. The predicted octanol–water partition coefficient (Wildman–Crippen LogP) is 2.67. The van der Waals surface area contributed by atoms with E-state index < -0.39 is 10.0 Å². The van der Waals surface area contributed by atoms with Crippen molar-refractivity contribution in [2.24, 2.45) is 0 Å². The number of anilines is 1. The van der Waals surface area contributed by atoms with Gasteiger partial charge in [-0.25, -0.2) is 8.42 Å². The van der Waals surface area contributed by atoms with Gasteiger partial charge in [0.1, 0.15) is 15.9 Å². The number of piperidine rings is 1. The van der Waals surface area contributed by atoms with Gasteiger partial charge in [0.15, 0.2) is 0 Å². The highest BCUT2D eigenvalue weighted by Crippen LogP contribution is 2.28. The zero-order chi connectivity index (χ0) is 20.6. The van der Waals surface area contributed by atoms with Gasteiger partial charge in [0.05, 0.1) is 11.7 Å². The Morgan fingerprint density at radius 3 is 2.50 bits per heavy atom. The first-order valence-corrected chi connectivity index (χ1v) is 12.6. The SMILES string of the molecule is O=S(=O)(c1cccc2nsnc12)N1CCCC(N2CCN(c3ccccc3)CC2)C1. The molecular weight excluding hydrogens is 418 g/mol. The molecule has 0 saturated carbocycles. The first-order chi connectivity index (χ1) is 14.6. The maximum absolute atomic E-state index is 13.4. The summed E-state index contributed by atoms with van der Waals surface area (Å²) in [6.07, 6.45) is 1.92. The second-order valence-electron chi connectivity index (χ2n) is 7.91. The number of fused-ring (bicyclic) bond motifs is 1. The van der Waals surface area contributed by atoms with Crippen molar-refractivity contribution in [3.8, 4) is 0 Å². The van der Waals surface area contributed by atoms with Crippen LogP contribution in [0.4, 0.5) is 5.69 Å². The second-order valence-corrected chi connectivity index (χ2v) is 10.3. The Morgan fingerprint density at radius 1 is 0.900 bits per heavy atom. The van der Waals surface area contributed by atoms with Gasteiger partial charge in [-0.05, 0) is 37.1 Å². The molecular formula is C21H25N5O2S2. The zero-order valence-electron chi connectivity index (χ0n) is 16.7. The molecule has 2 fully saturated rings. The molecule has 5 rings (SSSR count). The smallest absolute Gasteiger partial charge is 0.245 e. The topological polar surface area (TPSA) is 69.6 Å². The van der Waals surface area contributed by atoms with E-state index in [1.54, 1.807) is 16.4 Å². The van der Waals surface area contributed by atoms with Crippen LogP contribution in [0.25, 0.3) is 11.0 Å². The average Bonchev–Trinajstić information content (AvgIpc) is 3.29. The number of sulfonamides is 1. The number of piperazine rings is 1. The summed E-state index contributed by atoms with van der Waals surface area (Å²) in [6.45, 7) is 4.96. The lowest BCUT2D eigenvalue weighted by Crippen LogP contribution is -2.55. The van der Waals surface area contributed by atoms with Crippen LogP contribution in [-0.2, 0) is 10.0 Å². The number of benzene rings is 2. The molecule has 7 nitrogen and oxygen atoms in total. The van der Waals surface area contributed by atoms with E-state index in [9.17, 15) is 8.42 Å². The van der Waals surface area contributed by atoms with E-state index in [2.05, 4.69) is 42.8 Å². The third-order valence-corrected chi connectivity index (χ3v) is 8.62. The number of para-hydroxylation sites is 1. The molecule has 3 aromatic rings. The molecule has 0 amide bonds. The van der Waals surface area contributed by atoms with Crippen molar-refractivity contribution in [3.05, 3.63) is 48.5 Å². The van der Waals surface area contributed by atoms with Crippen molar-refractivity contribution in [2.75, 3.05) is 44.2 Å². The quantitative estimate of drug-likeness (QED) is 0.618. The summed E-state index contributed by atoms with van der Waals surface area (Å²) in [5.74, 6) is 0. The molecule has 3 heterocycles. The number of hydrogen-bond donors (Lipinski definition) is 0. The molecule has 0 aliphatic carbocycles. The molecule has 0 radical (unpaired) electrons. The van der Waals surface area contributed by atoms with Crippen LogP contribution < -0.4 is 4.90 Å². The number of nitrogens with zero attached hydrogens (tertiary/aromatic N) is 5. The van der Waals surface area contributed by atoms with E-state index in [0.29, 0.717) is 24.1 Å². The van der Waals surface area contributed by atoms with E-state index in [4.69, 9.17) is 0 Å². The normalized spacial score (nSPS) is 21.9. The van der Waals surface area contributed by atoms with Crippen LogP contribution in [-0.4, -0.2) is 71.7 Å². The number of hydrogen-bond acceptors (Lipinski definition) is 7. The van der Waals surface area contributed by atoms with Crippen LogP contribution in [0.3, 0.4) is 0 Å². The summed E-state index contributed by atoms with van der Waals surface area (Å²) < 4.78 is 36.9. The van der Waals surface area contributed by atoms with Crippen molar-refractivity contribution < 1.29 is 8.42 Å². The molecule has 2 aliphatic rings. The summed E-state index contributed by atoms with van der Waals surface area (Å²) in [6, 6.07) is 16.0. The Hall–Kier alpha value is -2.07. The van der Waals surface area contributed by atoms with Gasteiger partial charge in [-0.3, -0.25) is 4.90 Å². The number of rotatable bonds is 4. The maximum atomic E-state index is 13.4. The molecule has 1 aromatic heterocycles. The first kappa shape index (κ1) is 19.9. The van der Waals surface area contributed by atoms with E-state index in [1.165, 1.54) is 5.69 Å². The molecule has 30 heavy (non-hydrogen) atoms. The largest absolute Gasteiger partial charge is 0.369 e. The van der Waals surface area contributed by atoms with Gasteiger partial charge in [-0.1, -0.05) is 24.3 Å². The molecule has 2 saturated heterocycles. The van der Waals surface area contributed by atoms with Gasteiger partial charge < -0.3 is 4.90 Å². The van der Waals surface area contributed by atoms with Gasteiger partial charge in [0.25, 0.3) is 0 Å². The van der Waals surface area contributed by atoms with Crippen LogP contribution in [0, 0.1) is 0 Å². The van der Waals surface area contributed by atoms with Crippen LogP contribution in [0.15, 0.2) is 53.4 Å². The fourth-order valence-corrected chi connectivity index (χ4v) is 6.82. The van der Waals surface area contributed by atoms with Gasteiger partial charge >= 0.3 is 0 Å². The lowest BCUT2D eigenvalue weighted by Gasteiger charge is -2.43. The van der Waals surface area contributed by atoms with Gasteiger partial charge in [0.2, 0.25) is 10.0 Å². The molecule has 2 aromatic carbocycles. The van der Waals surface area contributed by atoms with Gasteiger partial charge in [-0.2, -0.15) is 13.1 Å². The van der Waals surface area contributed by atoms with Crippen molar-refractivity contribution >= 4 is 38.5 Å². The van der Waals surface area contributed by atoms with Gasteiger partial charge in [-0.15, -0.1) is 0 Å². The first-order valence-electron chi connectivity index (χ1n) is 10.4. The fraction of sp³-hybridized carbons (Fsp3) is 0.429. The Morgan fingerprint density at radius 2 is 1.70 bits per heavy atom. The van der Waals surface area contributed by atoms with Crippen molar-refractivity contribution in [1.29, 1.82) is 0 Å². The summed E-state index contributed by atoms with van der Waals surface area (Å²) >= 11 is 1.06. The Labute approximate surface area is 181 Å². The van der Waals surface area contributed by atoms with E-state index in [1.807, 2.05) is 12.1 Å². The molecule has 158 valence electrons. The third kappa shape index (κ3) is 3.71. The second kappa shape index (κ2) is 8.22. The monoisotopic (exact) mass is 443 g/mol. The minimum Gasteiger partial charge on any atom is -0.369 e. The van der Waals surface area contributed by atoms with Crippen LogP contribution in [0.5, 0.6) is 0 Å². The highest BCUT2D eigenvalue weighted by molar-refractivity contribution is 7.89. The lowest BCUT2D eigenvalue weighted by atomic mass is 10.0. The Bertz CT molecular complexity index is 1110. The molecule has 1 atom stereocenters. The average molecular weight is 444 g/mol. The third-order valence-electron chi connectivity index (χ3n) is 6.18. The Kier molecular flexibility index (Phi) is 5.44. The minimum absolute atomic E-state index is 0.263. The summed E-state index contributed by atoms with van der Waals surface area (Å²) in [4.78, 5) is 5.15. The van der Waals surface area contributed by atoms with Gasteiger partial charge in [0, 0.05) is 51.0 Å². The van der Waals surface area contributed by atoms with Crippen LogP contribution in [0.2, 0.25) is 0 Å². The molecule has 1 unspecified atom stereocenters. The molecule has 0 spiro atoms.